The number of aliphatic imine (C=N–C) groups is 1. The molecule has 3 unspecified atom stereocenters. The van der Waals surface area contributed by atoms with E-state index in [9.17, 15) is 42.4 Å². The number of thioether (sulfide) groups is 1. The fourth-order valence-corrected chi connectivity index (χ4v) is 18.4. The van der Waals surface area contributed by atoms with Crippen molar-refractivity contribution in [1.82, 2.24) is 20.2 Å². The van der Waals surface area contributed by atoms with E-state index in [2.05, 4.69) is 94.4 Å². The first kappa shape index (κ1) is 91.1. The van der Waals surface area contributed by atoms with Crippen LogP contribution in [0.1, 0.15) is 164 Å². The number of amides is 7. The number of H-pyrrole nitrogens is 1. The summed E-state index contributed by atoms with van der Waals surface area (Å²) < 4.78 is 38.3. The van der Waals surface area contributed by atoms with Crippen molar-refractivity contribution in [1.29, 1.82) is 10.5 Å². The summed E-state index contributed by atoms with van der Waals surface area (Å²) in [6, 6.07) is 86.8. The lowest BCUT2D eigenvalue weighted by molar-refractivity contribution is -0.137. The molecule has 2 aromatic heterocycles. The number of aryl methyl sites for hydroxylation is 2. The van der Waals surface area contributed by atoms with Crippen molar-refractivity contribution in [2.75, 3.05) is 50.3 Å². The molecule has 3 atom stereocenters. The Bertz CT molecular complexity index is 5720. The van der Waals surface area contributed by atoms with Gasteiger partial charge in [0.15, 0.2) is 5.16 Å². The molecule has 4 heterocycles. The van der Waals surface area contributed by atoms with E-state index in [0.717, 1.165) is 117 Å². The molecule has 5 N–H and O–H groups in total. The quantitative estimate of drug-likeness (QED) is 0.0150. The van der Waals surface area contributed by atoms with Crippen LogP contribution in [-0.2, 0) is 48.1 Å². The van der Waals surface area contributed by atoms with E-state index in [4.69, 9.17) is 10.3 Å². The molecule has 18 nitrogen and oxygen atoms in total. The molecule has 125 heavy (non-hydrogen) atoms. The van der Waals surface area contributed by atoms with Crippen molar-refractivity contribution in [3.8, 4) is 12.1 Å². The number of nitrogens with one attached hydrogen (secondary N) is 5. The van der Waals surface area contributed by atoms with Crippen LogP contribution in [0.4, 0.5) is 61.9 Å². The van der Waals surface area contributed by atoms with Gasteiger partial charge in [0.1, 0.15) is 17.6 Å². The molecule has 10 aromatic carbocycles. The molecule has 0 radical (unpaired) electrons. The molecule has 12 aromatic rings. The molecule has 2 bridgehead atoms. The van der Waals surface area contributed by atoms with E-state index in [1.807, 2.05) is 196 Å². The van der Waals surface area contributed by atoms with Gasteiger partial charge < -0.3 is 31.2 Å². The van der Waals surface area contributed by atoms with Gasteiger partial charge in [0.2, 0.25) is 11.8 Å². The molecule has 23 heteroatoms. The van der Waals surface area contributed by atoms with Crippen molar-refractivity contribution < 1.29 is 37.1 Å². The van der Waals surface area contributed by atoms with Crippen molar-refractivity contribution in [3.63, 3.8) is 0 Å². The number of anilines is 6. The third-order valence-corrected chi connectivity index (χ3v) is 24.4. The number of carbonyl (C=O) groups excluding carboxylic acids is 5. The number of aromatic amines is 1. The second-order valence-electron chi connectivity index (χ2n) is 32.8. The van der Waals surface area contributed by atoms with Gasteiger partial charge in [-0.05, 0) is 183 Å². The number of likely N-dealkylation sites (tertiary alicyclic amines) is 1. The minimum Gasteiger partial charge on any atom is -0.359 e. The normalized spacial score (nSPS) is 15.5. The first-order valence-electron chi connectivity index (χ1n) is 42.5. The molecule has 1 saturated heterocycles. The fraction of sp³-hybridized carbons (Fsp3) is 0.284. The van der Waals surface area contributed by atoms with Crippen LogP contribution in [0.5, 0.6) is 0 Å². The van der Waals surface area contributed by atoms with E-state index >= 15 is 0 Å². The maximum absolute atomic E-state index is 13.2. The number of hydrogen-bond donors (Lipinski definition) is 5. The molecule has 1 saturated carbocycles. The number of nitriles is 2. The summed E-state index contributed by atoms with van der Waals surface area (Å²) in [5.41, 5.74) is 11.8. The standard InChI is InChI=1S/C24H20N2O.C21H20N4OS.C21H29N3S.C20H26N2O.C16H11F3N2O2/c27-24(25-23-17-9-13-20-12-7-8-16-22(20)23)26(21-14-5-2-6-15-21)18-19-10-3-1-4-11-19;1-14-19(12-16-7-4-3-5-8-16)25-21(23-14)27-15(2)20(26)24-18-10-6-9-17(11-18)13-22;1-20(2)9-15-10-21(3,12-20)13-24(15)14-23-19-17(11-22)16-7-5-4-6-8-18(16)25-19;1-2-3-4-11-16-21-20(23)22(19-14-9-6-10-15-19)17-18-12-7-5-8-13-18;17-16(18,19)11-6-7-13-12(8-11)20-14(22)9-21(13)15(23)10-4-2-1-3-5-10/h1-17H,18H2,(H,25,27);3-11,15H,12H2,1-2H3,(H,23,25)(H,24,26);14-15H,4-10,12-13H2,1-3H3;5-10,12-15H,2-4,11,16-17H2,1H3,(H,21,23);1-8H,9H2,(H,20,22). The van der Waals surface area contributed by atoms with Crippen LogP contribution in [0, 0.1) is 40.4 Å². The second kappa shape index (κ2) is 43.8. The van der Waals surface area contributed by atoms with Gasteiger partial charge in [0.05, 0.1) is 70.2 Å². The minimum atomic E-state index is -4.52. The highest BCUT2D eigenvalue weighted by atomic mass is 32.2. The number of fused-ring (bicyclic) bond motifs is 5. The third kappa shape index (κ3) is 25.8. The Morgan fingerprint density at radius 3 is 1.92 bits per heavy atom. The number of benzene rings is 10. The molecular formula is C102H106F3N13O5S2. The lowest BCUT2D eigenvalue weighted by Gasteiger charge is -2.39. The summed E-state index contributed by atoms with van der Waals surface area (Å²) in [4.78, 5) is 83.8. The van der Waals surface area contributed by atoms with E-state index in [0.29, 0.717) is 46.8 Å². The van der Waals surface area contributed by atoms with Gasteiger partial charge in [0.25, 0.3) is 5.91 Å². The maximum atomic E-state index is 13.2. The van der Waals surface area contributed by atoms with Gasteiger partial charge in [-0.1, -0.05) is 253 Å². The van der Waals surface area contributed by atoms with Crippen molar-refractivity contribution in [2.45, 2.75) is 161 Å². The van der Waals surface area contributed by atoms with Gasteiger partial charge in [-0.25, -0.2) is 19.6 Å². The average molecular weight is 1720 g/mol. The number of nitrogens with zero attached hydrogens (tertiary/aromatic N) is 8. The van der Waals surface area contributed by atoms with E-state index in [1.54, 1.807) is 75.7 Å². The van der Waals surface area contributed by atoms with E-state index < -0.39 is 23.6 Å². The van der Waals surface area contributed by atoms with Crippen LogP contribution in [0.2, 0.25) is 0 Å². The summed E-state index contributed by atoms with van der Waals surface area (Å²) in [5, 5.41) is 33.5. The lowest BCUT2D eigenvalue weighted by atomic mass is 9.65. The Balaban J connectivity index is 0.000000143. The molecule has 16 rings (SSSR count). The number of alkyl halides is 3. The zero-order valence-electron chi connectivity index (χ0n) is 71.4. The van der Waals surface area contributed by atoms with Gasteiger partial charge in [0, 0.05) is 64.1 Å². The summed E-state index contributed by atoms with van der Waals surface area (Å²) in [6.45, 7) is 15.9. The predicted molar refractivity (Wildman–Crippen MR) is 499 cm³/mol. The van der Waals surface area contributed by atoms with Gasteiger partial charge in [-0.3, -0.25) is 29.1 Å². The highest BCUT2D eigenvalue weighted by Gasteiger charge is 2.49. The third-order valence-electron chi connectivity index (χ3n) is 22.2. The number of imidazole rings is 1. The predicted octanol–water partition coefficient (Wildman–Crippen LogP) is 24.1. The van der Waals surface area contributed by atoms with Crippen molar-refractivity contribution >= 4 is 109 Å². The molecular weight excluding hydrogens is 1610 g/mol. The summed E-state index contributed by atoms with van der Waals surface area (Å²) in [6.07, 6.45) is 12.7. The first-order chi connectivity index (χ1) is 60.4. The van der Waals surface area contributed by atoms with Crippen LogP contribution in [0.15, 0.2) is 277 Å². The number of carbonyl (C=O) groups is 5. The van der Waals surface area contributed by atoms with Gasteiger partial charge in [-0.15, -0.1) is 11.3 Å². The molecule has 4 aliphatic rings. The summed E-state index contributed by atoms with van der Waals surface area (Å²) in [7, 11) is 0. The number of halogens is 3. The van der Waals surface area contributed by atoms with E-state index in [1.165, 1.54) is 96.5 Å². The van der Waals surface area contributed by atoms with Crippen LogP contribution in [-0.4, -0.2) is 81.9 Å². The number of para-hydroxylation sites is 2. The number of urea groups is 2. The Morgan fingerprint density at radius 1 is 0.680 bits per heavy atom. The lowest BCUT2D eigenvalue weighted by Crippen LogP contribution is -2.42. The first-order valence-corrected chi connectivity index (χ1v) is 44.2. The number of aromatic nitrogens is 2. The van der Waals surface area contributed by atoms with Gasteiger partial charge >= 0.3 is 18.2 Å². The average Bonchev–Trinajstić information content (AvgIpc) is 1.66. The minimum absolute atomic E-state index is 0.0274. The molecule has 642 valence electrons. The van der Waals surface area contributed by atoms with Crippen LogP contribution in [0.25, 0.3) is 10.8 Å². The number of unbranched alkanes of at least 4 members (excludes halogenated alkanes) is 3. The Kier molecular flexibility index (Phi) is 31.9. The molecule has 2 aliphatic heterocycles. The number of thiophene rings is 1. The van der Waals surface area contributed by atoms with Crippen molar-refractivity contribution in [2.24, 2.45) is 15.8 Å². The molecule has 2 aliphatic carbocycles. The SMILES string of the molecule is CC1(C)CC2CC(C)(CN2C=Nc2sc3c(c2C#N)CCCCC3)C1.CCCCCCNC(=O)N(Cc1ccccc1)c1ccccc1.Cc1[nH]c(SC(C)C(=O)Nc2cccc(C#N)c2)nc1Cc1ccccc1.O=C(Nc1cccc2ccccc12)N(Cc1ccccc1)c1ccccc1.O=C1CN(C(=O)c2ccccc2)c2ccc(C(F)(F)F)cc2N1. The second-order valence-corrected chi connectivity index (χ2v) is 35.2. The van der Waals surface area contributed by atoms with E-state index in [-0.39, 0.29) is 41.1 Å². The smallest absolute Gasteiger partial charge is 0.359 e. The summed E-state index contributed by atoms with van der Waals surface area (Å²) in [5.74, 6) is -1.11. The Hall–Kier alpha value is -13.1. The zero-order chi connectivity index (χ0) is 88.3. The largest absolute Gasteiger partial charge is 0.416 e. The highest BCUT2D eigenvalue weighted by Crippen LogP contribution is 2.52. The fourth-order valence-electron chi connectivity index (χ4n) is 16.4. The van der Waals surface area contributed by atoms with Crippen LogP contribution >= 0.6 is 23.1 Å². The summed E-state index contributed by atoms with van der Waals surface area (Å²) >= 11 is 3.14. The molecule has 2 fully saturated rings. The Morgan fingerprint density at radius 2 is 1.28 bits per heavy atom. The maximum Gasteiger partial charge on any atom is 0.416 e. The topological polar surface area (TPSA) is 235 Å². The van der Waals surface area contributed by atoms with Gasteiger partial charge in [-0.2, -0.15) is 23.7 Å². The van der Waals surface area contributed by atoms with Crippen LogP contribution < -0.4 is 36.0 Å². The highest BCUT2D eigenvalue weighted by molar-refractivity contribution is 8.00. The van der Waals surface area contributed by atoms with Crippen LogP contribution in [0.3, 0.4) is 0 Å². The zero-order valence-corrected chi connectivity index (χ0v) is 73.1. The monoisotopic (exact) mass is 1710 g/mol. The number of hydrogen-bond acceptors (Lipinski definition) is 11. The molecule has 0 spiro atoms. The number of rotatable bonds is 21. The molecule has 7 amide bonds. The van der Waals surface area contributed by atoms with Crippen molar-refractivity contribution in [3.05, 3.63) is 328 Å². The Labute approximate surface area is 739 Å².